The van der Waals surface area contributed by atoms with E-state index in [2.05, 4.69) is 0 Å². The summed E-state index contributed by atoms with van der Waals surface area (Å²) in [5, 5.41) is 5.15. The predicted molar refractivity (Wildman–Crippen MR) is 83.8 cm³/mol. The van der Waals surface area contributed by atoms with Crippen LogP contribution in [-0.2, 0) is 10.0 Å². The largest absolute Gasteiger partial charge is 0.337 e. The van der Waals surface area contributed by atoms with E-state index >= 15 is 0 Å². The average molecular weight is 342 g/mol. The molecule has 1 amide bonds. The van der Waals surface area contributed by atoms with Crippen LogP contribution in [0.15, 0.2) is 24.3 Å². The van der Waals surface area contributed by atoms with Crippen LogP contribution in [0.5, 0.6) is 0 Å². The number of piperidine rings is 1. The zero-order chi connectivity index (χ0) is 15.9. The third-order valence-electron chi connectivity index (χ3n) is 3.82. The quantitative estimate of drug-likeness (QED) is 0.905. The summed E-state index contributed by atoms with van der Waals surface area (Å²) >= 11 is 1.28. The average Bonchev–Trinajstić information content (AvgIpc) is 2.88. The number of hydrogen-bond acceptors (Lipinski definition) is 4. The number of rotatable bonds is 2. The Labute approximate surface area is 131 Å². The molecule has 2 heterocycles. The summed E-state index contributed by atoms with van der Waals surface area (Å²) in [5.41, 5.74) is 0. The molecule has 0 aliphatic carbocycles. The van der Waals surface area contributed by atoms with E-state index in [0.717, 1.165) is 4.70 Å². The molecule has 1 aromatic carbocycles. The third-order valence-corrected chi connectivity index (χ3v) is 6.24. The lowest BCUT2D eigenvalue weighted by molar-refractivity contribution is 0.0732. The monoisotopic (exact) mass is 342 g/mol. The fourth-order valence-corrected chi connectivity index (χ4v) is 4.56. The number of carbonyl (C=O) groups excluding carboxylic acids is 1. The van der Waals surface area contributed by atoms with Gasteiger partial charge in [-0.05, 0) is 42.5 Å². The second kappa shape index (κ2) is 5.60. The molecule has 8 heteroatoms. The molecule has 1 aliphatic heterocycles. The number of likely N-dealkylation sites (tertiary alicyclic amines) is 1. The number of primary sulfonamides is 1. The van der Waals surface area contributed by atoms with Crippen LogP contribution < -0.4 is 5.14 Å². The summed E-state index contributed by atoms with van der Waals surface area (Å²) < 4.78 is 37.0. The Morgan fingerprint density at radius 3 is 2.86 bits per heavy atom. The summed E-state index contributed by atoms with van der Waals surface area (Å²) in [7, 11) is -3.64. The molecule has 1 fully saturated rings. The first kappa shape index (κ1) is 15.4. The van der Waals surface area contributed by atoms with Crippen LogP contribution in [0.2, 0.25) is 0 Å². The van der Waals surface area contributed by atoms with Gasteiger partial charge < -0.3 is 4.90 Å². The van der Waals surface area contributed by atoms with Crippen LogP contribution in [0.3, 0.4) is 0 Å². The number of nitrogens with zero attached hydrogens (tertiary/aromatic N) is 1. The SMILES string of the molecule is NS(=O)(=O)[C@@H]1CCCN(C(=O)c2cc3cc(F)ccc3s2)C1. The first-order valence-electron chi connectivity index (χ1n) is 6.84. The molecule has 0 spiro atoms. The zero-order valence-electron chi connectivity index (χ0n) is 11.7. The lowest BCUT2D eigenvalue weighted by atomic mass is 10.1. The Balaban J connectivity index is 1.85. The van der Waals surface area contributed by atoms with E-state index in [0.29, 0.717) is 29.6 Å². The van der Waals surface area contributed by atoms with Gasteiger partial charge in [-0.2, -0.15) is 0 Å². The zero-order valence-corrected chi connectivity index (χ0v) is 13.3. The Kier molecular flexibility index (Phi) is 3.92. The van der Waals surface area contributed by atoms with Gasteiger partial charge in [0, 0.05) is 17.8 Å². The molecule has 22 heavy (non-hydrogen) atoms. The van der Waals surface area contributed by atoms with E-state index in [1.165, 1.54) is 28.4 Å². The van der Waals surface area contributed by atoms with Crippen molar-refractivity contribution in [1.29, 1.82) is 0 Å². The standard InChI is InChI=1S/C14H15FN2O3S2/c15-10-3-4-12-9(6-10)7-13(21-12)14(18)17-5-1-2-11(8-17)22(16,19)20/h3-4,6-7,11H,1-2,5,8H2,(H2,16,19,20)/t11-/m1/s1. The number of hydrogen-bond donors (Lipinski definition) is 1. The highest BCUT2D eigenvalue weighted by Gasteiger charge is 2.31. The fraction of sp³-hybridized carbons (Fsp3) is 0.357. The van der Waals surface area contributed by atoms with Crippen LogP contribution in [-0.4, -0.2) is 37.6 Å². The molecule has 0 bridgehead atoms. The smallest absolute Gasteiger partial charge is 0.264 e. The van der Waals surface area contributed by atoms with E-state index in [-0.39, 0.29) is 18.3 Å². The van der Waals surface area contributed by atoms with E-state index in [9.17, 15) is 17.6 Å². The van der Waals surface area contributed by atoms with Crippen molar-refractivity contribution >= 4 is 37.4 Å². The minimum absolute atomic E-state index is 0.111. The minimum atomic E-state index is -3.64. The number of benzene rings is 1. The molecule has 1 atom stereocenters. The number of amides is 1. The molecule has 3 rings (SSSR count). The van der Waals surface area contributed by atoms with Crippen LogP contribution in [0.4, 0.5) is 4.39 Å². The van der Waals surface area contributed by atoms with Crippen molar-refractivity contribution in [3.63, 3.8) is 0 Å². The molecular weight excluding hydrogens is 327 g/mol. The van der Waals surface area contributed by atoms with Gasteiger partial charge in [0.1, 0.15) is 5.82 Å². The summed E-state index contributed by atoms with van der Waals surface area (Å²) in [6.07, 6.45) is 1.08. The van der Waals surface area contributed by atoms with Crippen LogP contribution in [0, 0.1) is 5.82 Å². The highest BCUT2D eigenvalue weighted by molar-refractivity contribution is 7.89. The maximum absolute atomic E-state index is 13.2. The molecule has 1 aliphatic rings. The van der Waals surface area contributed by atoms with Gasteiger partial charge in [0.25, 0.3) is 5.91 Å². The van der Waals surface area contributed by atoms with Gasteiger partial charge in [-0.15, -0.1) is 11.3 Å². The molecule has 0 saturated carbocycles. The van der Waals surface area contributed by atoms with Crippen molar-refractivity contribution in [2.75, 3.05) is 13.1 Å². The Morgan fingerprint density at radius 1 is 1.36 bits per heavy atom. The lowest BCUT2D eigenvalue weighted by Gasteiger charge is -2.31. The fourth-order valence-electron chi connectivity index (χ4n) is 2.67. The van der Waals surface area contributed by atoms with Gasteiger partial charge in [0.05, 0.1) is 10.1 Å². The normalized spacial score (nSPS) is 19.5. The highest BCUT2D eigenvalue weighted by Crippen LogP contribution is 2.28. The number of nitrogens with two attached hydrogens (primary N) is 1. The molecule has 2 N–H and O–H groups in total. The second-order valence-electron chi connectivity index (χ2n) is 5.40. The van der Waals surface area contributed by atoms with Gasteiger partial charge in [0.15, 0.2) is 0 Å². The lowest BCUT2D eigenvalue weighted by Crippen LogP contribution is -2.46. The molecule has 118 valence electrons. The number of thiophene rings is 1. The van der Waals surface area contributed by atoms with E-state index < -0.39 is 15.3 Å². The predicted octanol–water partition coefficient (Wildman–Crippen LogP) is 1.93. The topological polar surface area (TPSA) is 80.5 Å². The van der Waals surface area contributed by atoms with Crippen molar-refractivity contribution in [2.45, 2.75) is 18.1 Å². The summed E-state index contributed by atoms with van der Waals surface area (Å²) in [5.74, 6) is -0.577. The second-order valence-corrected chi connectivity index (χ2v) is 8.33. The number of halogens is 1. The van der Waals surface area contributed by atoms with Crippen molar-refractivity contribution in [3.8, 4) is 0 Å². The number of sulfonamides is 1. The van der Waals surface area contributed by atoms with E-state index in [4.69, 9.17) is 5.14 Å². The van der Waals surface area contributed by atoms with E-state index in [1.54, 1.807) is 12.1 Å². The van der Waals surface area contributed by atoms with Gasteiger partial charge in [0.2, 0.25) is 10.0 Å². The Hall–Kier alpha value is -1.51. The minimum Gasteiger partial charge on any atom is -0.337 e. The van der Waals surface area contributed by atoms with Gasteiger partial charge in [-0.3, -0.25) is 4.79 Å². The van der Waals surface area contributed by atoms with Crippen molar-refractivity contribution < 1.29 is 17.6 Å². The first-order chi connectivity index (χ1) is 10.3. The van der Waals surface area contributed by atoms with Gasteiger partial charge in [-0.1, -0.05) is 0 Å². The molecule has 1 aromatic heterocycles. The molecule has 2 aromatic rings. The van der Waals surface area contributed by atoms with Crippen molar-refractivity contribution in [2.24, 2.45) is 5.14 Å². The van der Waals surface area contributed by atoms with E-state index in [1.807, 2.05) is 0 Å². The van der Waals surface area contributed by atoms with Crippen LogP contribution in [0.25, 0.3) is 10.1 Å². The first-order valence-corrected chi connectivity index (χ1v) is 9.27. The third kappa shape index (κ3) is 2.99. The highest BCUT2D eigenvalue weighted by atomic mass is 32.2. The molecule has 1 saturated heterocycles. The van der Waals surface area contributed by atoms with Crippen LogP contribution in [0.1, 0.15) is 22.5 Å². The van der Waals surface area contributed by atoms with Crippen molar-refractivity contribution in [1.82, 2.24) is 4.90 Å². The maximum Gasteiger partial charge on any atom is 0.264 e. The Morgan fingerprint density at radius 2 is 2.14 bits per heavy atom. The number of fused-ring (bicyclic) bond motifs is 1. The summed E-state index contributed by atoms with van der Waals surface area (Å²) in [6, 6.07) is 6.01. The van der Waals surface area contributed by atoms with Gasteiger partial charge in [-0.25, -0.2) is 17.9 Å². The summed E-state index contributed by atoms with van der Waals surface area (Å²) in [4.78, 5) is 14.5. The maximum atomic E-state index is 13.2. The molecule has 5 nitrogen and oxygen atoms in total. The Bertz CT molecular complexity index is 832. The molecular formula is C14H15FN2O3S2. The van der Waals surface area contributed by atoms with Crippen LogP contribution >= 0.6 is 11.3 Å². The van der Waals surface area contributed by atoms with Crippen molar-refractivity contribution in [3.05, 3.63) is 35.0 Å². The number of carbonyl (C=O) groups is 1. The molecule has 0 radical (unpaired) electrons. The summed E-state index contributed by atoms with van der Waals surface area (Å²) in [6.45, 7) is 0.619. The van der Waals surface area contributed by atoms with Gasteiger partial charge >= 0.3 is 0 Å². The molecule has 0 unspecified atom stereocenters.